The Balaban J connectivity index is 2.99. The average Bonchev–Trinajstić information content (AvgIpc) is 2.16. The van der Waals surface area contributed by atoms with Crippen molar-refractivity contribution >= 4 is 21.7 Å². The lowest BCUT2D eigenvalue weighted by Crippen LogP contribution is -2.02. The van der Waals surface area contributed by atoms with Crippen molar-refractivity contribution in [1.29, 1.82) is 0 Å². The molecule has 15 heavy (non-hydrogen) atoms. The summed E-state index contributed by atoms with van der Waals surface area (Å²) in [5.74, 6) is 1.23. The zero-order chi connectivity index (χ0) is 11.4. The van der Waals surface area contributed by atoms with E-state index in [-0.39, 0.29) is 11.7 Å². The van der Waals surface area contributed by atoms with Crippen LogP contribution in [-0.2, 0) is 4.79 Å². The van der Waals surface area contributed by atoms with Gasteiger partial charge in [-0.15, -0.1) is 0 Å². The van der Waals surface area contributed by atoms with Gasteiger partial charge >= 0.3 is 0 Å². The van der Waals surface area contributed by atoms with Crippen molar-refractivity contribution in [2.24, 2.45) is 0 Å². The third-order valence-corrected chi connectivity index (χ3v) is 2.81. The molecule has 0 fully saturated rings. The van der Waals surface area contributed by atoms with Crippen LogP contribution in [-0.4, -0.2) is 12.9 Å². The van der Waals surface area contributed by atoms with E-state index in [0.717, 1.165) is 15.8 Å². The summed E-state index contributed by atoms with van der Waals surface area (Å²) in [6.45, 7) is 3.65. The van der Waals surface area contributed by atoms with Crippen LogP contribution < -0.4 is 4.74 Å². The van der Waals surface area contributed by atoms with Crippen LogP contribution in [0.1, 0.15) is 31.7 Å². The monoisotopic (exact) mass is 270 g/mol. The second-order valence-corrected chi connectivity index (χ2v) is 4.61. The van der Waals surface area contributed by atoms with Gasteiger partial charge in [0.2, 0.25) is 0 Å². The van der Waals surface area contributed by atoms with Crippen LogP contribution in [0.5, 0.6) is 5.75 Å². The number of carbonyl (C=O) groups is 1. The lowest BCUT2D eigenvalue weighted by atomic mass is 9.95. The van der Waals surface area contributed by atoms with E-state index in [2.05, 4.69) is 15.9 Å². The van der Waals surface area contributed by atoms with Gasteiger partial charge in [-0.2, -0.15) is 0 Å². The highest BCUT2D eigenvalue weighted by molar-refractivity contribution is 9.10. The summed E-state index contributed by atoms with van der Waals surface area (Å²) in [5.41, 5.74) is 1.07. The first-order chi connectivity index (χ1) is 7.04. The van der Waals surface area contributed by atoms with E-state index in [9.17, 15) is 4.79 Å². The largest absolute Gasteiger partial charge is 0.496 e. The SMILES string of the molecule is COc1ccc(Br)cc1C(C)CC(C)=O. The second-order valence-electron chi connectivity index (χ2n) is 3.69. The molecule has 82 valence electrons. The maximum Gasteiger partial charge on any atom is 0.130 e. The molecular weight excluding hydrogens is 256 g/mol. The Labute approximate surface area is 98.8 Å². The molecule has 0 amide bonds. The van der Waals surface area contributed by atoms with Crippen molar-refractivity contribution < 1.29 is 9.53 Å². The number of rotatable bonds is 4. The zero-order valence-corrected chi connectivity index (χ0v) is 10.8. The van der Waals surface area contributed by atoms with Crippen LogP contribution in [0, 0.1) is 0 Å². The Hall–Kier alpha value is -0.830. The summed E-state index contributed by atoms with van der Waals surface area (Å²) >= 11 is 3.42. The van der Waals surface area contributed by atoms with Gasteiger partial charge in [0.15, 0.2) is 0 Å². The molecule has 0 radical (unpaired) electrons. The summed E-state index contributed by atoms with van der Waals surface area (Å²) in [7, 11) is 1.65. The minimum absolute atomic E-state index is 0.190. The first-order valence-electron chi connectivity index (χ1n) is 4.87. The van der Waals surface area contributed by atoms with Crippen molar-refractivity contribution in [1.82, 2.24) is 0 Å². The molecule has 0 saturated heterocycles. The fourth-order valence-electron chi connectivity index (χ4n) is 1.63. The van der Waals surface area contributed by atoms with Gasteiger partial charge < -0.3 is 9.53 Å². The standard InChI is InChI=1S/C12H15BrO2/c1-8(6-9(2)14)11-7-10(13)4-5-12(11)15-3/h4-5,7-8H,6H2,1-3H3. The predicted molar refractivity (Wildman–Crippen MR) is 64.4 cm³/mol. The summed E-state index contributed by atoms with van der Waals surface area (Å²) in [5, 5.41) is 0. The Bertz CT molecular complexity index is 361. The fourth-order valence-corrected chi connectivity index (χ4v) is 2.01. The number of hydrogen-bond donors (Lipinski definition) is 0. The van der Waals surface area contributed by atoms with Crippen molar-refractivity contribution in [3.8, 4) is 5.75 Å². The number of ether oxygens (including phenoxy) is 1. The molecular formula is C12H15BrO2. The van der Waals surface area contributed by atoms with Gasteiger partial charge in [-0.1, -0.05) is 22.9 Å². The minimum Gasteiger partial charge on any atom is -0.496 e. The lowest BCUT2D eigenvalue weighted by molar-refractivity contribution is -0.117. The molecule has 3 heteroatoms. The highest BCUT2D eigenvalue weighted by Gasteiger charge is 2.13. The van der Waals surface area contributed by atoms with Crippen LogP contribution in [0.2, 0.25) is 0 Å². The topological polar surface area (TPSA) is 26.3 Å². The third kappa shape index (κ3) is 3.34. The van der Waals surface area contributed by atoms with E-state index in [1.165, 1.54) is 0 Å². The number of hydrogen-bond acceptors (Lipinski definition) is 2. The second kappa shape index (κ2) is 5.31. The van der Waals surface area contributed by atoms with E-state index in [4.69, 9.17) is 4.74 Å². The van der Waals surface area contributed by atoms with Crippen LogP contribution >= 0.6 is 15.9 Å². The van der Waals surface area contributed by atoms with Crippen molar-refractivity contribution in [2.45, 2.75) is 26.2 Å². The van der Waals surface area contributed by atoms with E-state index in [1.807, 2.05) is 25.1 Å². The van der Waals surface area contributed by atoms with Gasteiger partial charge in [-0.3, -0.25) is 0 Å². The molecule has 1 aromatic carbocycles. The normalized spacial score (nSPS) is 12.3. The maximum absolute atomic E-state index is 11.1. The summed E-state index contributed by atoms with van der Waals surface area (Å²) in [6.07, 6.45) is 0.548. The molecule has 0 aliphatic carbocycles. The number of benzene rings is 1. The summed E-state index contributed by atoms with van der Waals surface area (Å²) in [6, 6.07) is 5.85. The molecule has 1 atom stereocenters. The molecule has 0 saturated carbocycles. The highest BCUT2D eigenvalue weighted by Crippen LogP contribution is 2.31. The summed E-state index contributed by atoms with van der Waals surface area (Å²) in [4.78, 5) is 11.1. The highest BCUT2D eigenvalue weighted by atomic mass is 79.9. The maximum atomic E-state index is 11.1. The van der Waals surface area contributed by atoms with Crippen LogP contribution in [0.25, 0.3) is 0 Å². The fraction of sp³-hybridized carbons (Fsp3) is 0.417. The molecule has 0 bridgehead atoms. The van der Waals surface area contributed by atoms with Gasteiger partial charge in [-0.05, 0) is 36.6 Å². The van der Waals surface area contributed by atoms with Crippen molar-refractivity contribution in [3.63, 3.8) is 0 Å². The van der Waals surface area contributed by atoms with Gasteiger partial charge in [0.1, 0.15) is 11.5 Å². The molecule has 0 N–H and O–H groups in total. The number of methoxy groups -OCH3 is 1. The Morgan fingerprint density at radius 1 is 1.53 bits per heavy atom. The Kier molecular flexibility index (Phi) is 4.33. The molecule has 2 nitrogen and oxygen atoms in total. The quantitative estimate of drug-likeness (QED) is 0.837. The van der Waals surface area contributed by atoms with Gasteiger partial charge in [0.05, 0.1) is 7.11 Å². The molecule has 0 aliphatic rings. The van der Waals surface area contributed by atoms with Crippen LogP contribution in [0.3, 0.4) is 0 Å². The molecule has 0 heterocycles. The molecule has 0 aromatic heterocycles. The number of ketones is 1. The van der Waals surface area contributed by atoms with E-state index in [0.29, 0.717) is 6.42 Å². The minimum atomic E-state index is 0.190. The third-order valence-electron chi connectivity index (χ3n) is 2.32. The predicted octanol–water partition coefficient (Wildman–Crippen LogP) is 3.54. The molecule has 0 aliphatic heterocycles. The smallest absolute Gasteiger partial charge is 0.130 e. The van der Waals surface area contributed by atoms with Gasteiger partial charge in [-0.25, -0.2) is 0 Å². The molecule has 0 spiro atoms. The molecule has 1 aromatic rings. The van der Waals surface area contributed by atoms with E-state index >= 15 is 0 Å². The van der Waals surface area contributed by atoms with Gasteiger partial charge in [0.25, 0.3) is 0 Å². The summed E-state index contributed by atoms with van der Waals surface area (Å²) < 4.78 is 6.28. The molecule has 1 rings (SSSR count). The van der Waals surface area contributed by atoms with E-state index < -0.39 is 0 Å². The van der Waals surface area contributed by atoms with Crippen molar-refractivity contribution in [2.75, 3.05) is 7.11 Å². The van der Waals surface area contributed by atoms with E-state index in [1.54, 1.807) is 14.0 Å². The Morgan fingerprint density at radius 3 is 2.73 bits per heavy atom. The number of halogens is 1. The zero-order valence-electron chi connectivity index (χ0n) is 9.21. The van der Waals surface area contributed by atoms with Crippen LogP contribution in [0.4, 0.5) is 0 Å². The molecule has 1 unspecified atom stereocenters. The van der Waals surface area contributed by atoms with Crippen LogP contribution in [0.15, 0.2) is 22.7 Å². The first-order valence-corrected chi connectivity index (χ1v) is 5.66. The average molecular weight is 271 g/mol. The van der Waals surface area contributed by atoms with Gasteiger partial charge in [0, 0.05) is 10.9 Å². The first kappa shape index (κ1) is 12.2. The Morgan fingerprint density at radius 2 is 2.20 bits per heavy atom. The number of Topliss-reactive ketones (excluding diaryl/α,β-unsaturated/α-hetero) is 1. The van der Waals surface area contributed by atoms with Crippen molar-refractivity contribution in [3.05, 3.63) is 28.2 Å². The lowest BCUT2D eigenvalue weighted by Gasteiger charge is -2.14. The number of carbonyl (C=O) groups excluding carboxylic acids is 1.